The summed E-state index contributed by atoms with van der Waals surface area (Å²) in [5.41, 5.74) is 0. The van der Waals surface area contributed by atoms with Crippen molar-refractivity contribution in [3.63, 3.8) is 0 Å². The summed E-state index contributed by atoms with van der Waals surface area (Å²) in [7, 11) is 0. The number of rotatable bonds is 8. The Balaban J connectivity index is 4.33. The SMILES string of the molecule is O=CCCC(NC(=O)C(S)CC(=O)O)C(=O)O. The fraction of sp³-hybridized carbons (Fsp3) is 0.556. The van der Waals surface area contributed by atoms with Crippen LogP contribution in [-0.4, -0.2) is 45.6 Å². The number of aldehydes is 1. The first-order valence-electron chi connectivity index (χ1n) is 4.75. The third-order valence-electron chi connectivity index (χ3n) is 1.86. The minimum absolute atomic E-state index is 0.00653. The van der Waals surface area contributed by atoms with Crippen molar-refractivity contribution in [1.29, 1.82) is 0 Å². The van der Waals surface area contributed by atoms with Crippen molar-refractivity contribution in [2.75, 3.05) is 0 Å². The molecule has 0 aliphatic carbocycles. The number of hydrogen-bond donors (Lipinski definition) is 4. The molecule has 8 heteroatoms. The highest BCUT2D eigenvalue weighted by Gasteiger charge is 2.24. The van der Waals surface area contributed by atoms with Crippen LogP contribution >= 0.6 is 12.6 Å². The Bertz CT molecular complexity index is 319. The molecule has 96 valence electrons. The largest absolute Gasteiger partial charge is 0.481 e. The maximum atomic E-state index is 11.4. The lowest BCUT2D eigenvalue weighted by Crippen LogP contribution is -2.44. The minimum Gasteiger partial charge on any atom is -0.481 e. The topological polar surface area (TPSA) is 121 Å². The molecule has 0 aromatic rings. The molecule has 0 aromatic heterocycles. The molecular formula is C9H13NO6S. The van der Waals surface area contributed by atoms with E-state index < -0.39 is 35.6 Å². The van der Waals surface area contributed by atoms with Crippen molar-refractivity contribution in [2.45, 2.75) is 30.6 Å². The molecule has 2 unspecified atom stereocenters. The van der Waals surface area contributed by atoms with Gasteiger partial charge in [-0.25, -0.2) is 4.79 Å². The van der Waals surface area contributed by atoms with Crippen molar-refractivity contribution in [1.82, 2.24) is 5.32 Å². The molecular weight excluding hydrogens is 250 g/mol. The highest BCUT2D eigenvalue weighted by atomic mass is 32.1. The molecule has 0 spiro atoms. The van der Waals surface area contributed by atoms with Crippen LogP contribution in [0.1, 0.15) is 19.3 Å². The van der Waals surface area contributed by atoms with Gasteiger partial charge in [0.1, 0.15) is 12.3 Å². The third kappa shape index (κ3) is 6.56. The van der Waals surface area contributed by atoms with Crippen LogP contribution in [-0.2, 0) is 19.2 Å². The van der Waals surface area contributed by atoms with Crippen molar-refractivity contribution >= 4 is 36.8 Å². The maximum Gasteiger partial charge on any atom is 0.326 e. The van der Waals surface area contributed by atoms with E-state index in [0.29, 0.717) is 6.29 Å². The molecule has 0 aliphatic heterocycles. The van der Waals surface area contributed by atoms with Gasteiger partial charge in [-0.05, 0) is 6.42 Å². The zero-order chi connectivity index (χ0) is 13.4. The second kappa shape index (κ2) is 7.66. The molecule has 0 fully saturated rings. The first-order valence-corrected chi connectivity index (χ1v) is 5.26. The lowest BCUT2D eigenvalue weighted by atomic mass is 10.1. The highest BCUT2D eigenvalue weighted by Crippen LogP contribution is 2.04. The van der Waals surface area contributed by atoms with Gasteiger partial charge in [0.25, 0.3) is 0 Å². The van der Waals surface area contributed by atoms with Gasteiger partial charge >= 0.3 is 11.9 Å². The highest BCUT2D eigenvalue weighted by molar-refractivity contribution is 7.81. The van der Waals surface area contributed by atoms with Gasteiger partial charge in [0, 0.05) is 6.42 Å². The van der Waals surface area contributed by atoms with E-state index in [-0.39, 0.29) is 12.8 Å². The predicted octanol–water partition coefficient (Wildman–Crippen LogP) is -0.692. The second-order valence-electron chi connectivity index (χ2n) is 3.26. The number of thiol groups is 1. The summed E-state index contributed by atoms with van der Waals surface area (Å²) in [6.07, 6.45) is -0.0158. The fourth-order valence-electron chi connectivity index (χ4n) is 1.02. The summed E-state index contributed by atoms with van der Waals surface area (Å²) in [5, 5.41) is 18.2. The average molecular weight is 263 g/mol. The first kappa shape index (κ1) is 15.4. The molecule has 0 aliphatic rings. The van der Waals surface area contributed by atoms with Gasteiger partial charge in [-0.1, -0.05) is 0 Å². The zero-order valence-corrected chi connectivity index (χ0v) is 9.72. The molecule has 0 saturated carbocycles. The number of amides is 1. The fourth-order valence-corrected chi connectivity index (χ4v) is 1.25. The molecule has 0 bridgehead atoms. The van der Waals surface area contributed by atoms with Gasteiger partial charge in [0.2, 0.25) is 5.91 Å². The van der Waals surface area contributed by atoms with E-state index in [4.69, 9.17) is 10.2 Å². The summed E-state index contributed by atoms with van der Waals surface area (Å²) in [6.45, 7) is 0. The van der Waals surface area contributed by atoms with Crippen LogP contribution in [0.5, 0.6) is 0 Å². The normalized spacial score (nSPS) is 13.5. The van der Waals surface area contributed by atoms with Crippen LogP contribution in [0, 0.1) is 0 Å². The quantitative estimate of drug-likeness (QED) is 0.340. The standard InChI is InChI=1S/C9H13NO6S/c11-3-1-2-5(9(15)16)10-8(14)6(17)4-7(12)13/h3,5-6,17H,1-2,4H2,(H,10,14)(H,12,13)(H,15,16). The van der Waals surface area contributed by atoms with Crippen LogP contribution in [0.3, 0.4) is 0 Å². The van der Waals surface area contributed by atoms with Crippen LogP contribution in [0.4, 0.5) is 0 Å². The van der Waals surface area contributed by atoms with E-state index in [0.717, 1.165) is 0 Å². The average Bonchev–Trinajstić information content (AvgIpc) is 2.22. The number of carbonyl (C=O) groups is 4. The lowest BCUT2D eigenvalue weighted by Gasteiger charge is -2.15. The van der Waals surface area contributed by atoms with Crippen molar-refractivity contribution in [3.05, 3.63) is 0 Å². The Hall–Kier alpha value is -1.57. The maximum absolute atomic E-state index is 11.4. The van der Waals surface area contributed by atoms with Gasteiger partial charge in [-0.15, -0.1) is 0 Å². The van der Waals surface area contributed by atoms with E-state index in [1.807, 2.05) is 0 Å². The number of hydrogen-bond acceptors (Lipinski definition) is 5. The third-order valence-corrected chi connectivity index (χ3v) is 2.28. The molecule has 3 N–H and O–H groups in total. The number of aliphatic carboxylic acids is 2. The molecule has 0 aromatic carbocycles. The zero-order valence-electron chi connectivity index (χ0n) is 8.83. The van der Waals surface area contributed by atoms with E-state index >= 15 is 0 Å². The van der Waals surface area contributed by atoms with Crippen LogP contribution in [0.25, 0.3) is 0 Å². The van der Waals surface area contributed by atoms with Gasteiger partial charge in [0.05, 0.1) is 11.7 Å². The van der Waals surface area contributed by atoms with Crippen LogP contribution < -0.4 is 5.32 Å². The predicted molar refractivity (Wildman–Crippen MR) is 59.9 cm³/mol. The van der Waals surface area contributed by atoms with Gasteiger partial charge in [-0.3, -0.25) is 9.59 Å². The number of carboxylic acid groups (broad SMARTS) is 2. The Labute approximate surface area is 103 Å². The van der Waals surface area contributed by atoms with E-state index in [1.165, 1.54) is 0 Å². The molecule has 17 heavy (non-hydrogen) atoms. The Morgan fingerprint density at radius 1 is 1.29 bits per heavy atom. The van der Waals surface area contributed by atoms with Gasteiger partial charge in [0.15, 0.2) is 0 Å². The molecule has 7 nitrogen and oxygen atoms in total. The smallest absolute Gasteiger partial charge is 0.326 e. The Morgan fingerprint density at radius 3 is 2.29 bits per heavy atom. The Kier molecular flexibility index (Phi) is 6.95. The lowest BCUT2D eigenvalue weighted by molar-refractivity contribution is -0.142. The van der Waals surface area contributed by atoms with E-state index in [2.05, 4.69) is 17.9 Å². The molecule has 2 atom stereocenters. The molecule has 0 radical (unpaired) electrons. The van der Waals surface area contributed by atoms with Crippen molar-refractivity contribution < 1.29 is 29.4 Å². The summed E-state index contributed by atoms with van der Waals surface area (Å²) in [5.74, 6) is -3.27. The van der Waals surface area contributed by atoms with E-state index in [9.17, 15) is 19.2 Å². The second-order valence-corrected chi connectivity index (χ2v) is 3.88. The number of nitrogens with one attached hydrogen (secondary N) is 1. The summed E-state index contributed by atoms with van der Waals surface area (Å²) >= 11 is 3.74. The Morgan fingerprint density at radius 2 is 1.88 bits per heavy atom. The molecule has 0 rings (SSSR count). The summed E-state index contributed by atoms with van der Waals surface area (Å²) < 4.78 is 0. The molecule has 0 heterocycles. The van der Waals surface area contributed by atoms with Crippen molar-refractivity contribution in [3.8, 4) is 0 Å². The number of carbonyl (C=O) groups excluding carboxylic acids is 2. The molecule has 0 saturated heterocycles. The number of carboxylic acids is 2. The summed E-state index contributed by atoms with van der Waals surface area (Å²) in [6, 6.07) is -1.21. The van der Waals surface area contributed by atoms with Crippen LogP contribution in [0.15, 0.2) is 0 Å². The minimum atomic E-state index is -1.28. The van der Waals surface area contributed by atoms with E-state index in [1.54, 1.807) is 0 Å². The first-order chi connectivity index (χ1) is 7.88. The summed E-state index contributed by atoms with van der Waals surface area (Å²) in [4.78, 5) is 42.5. The van der Waals surface area contributed by atoms with Crippen LogP contribution in [0.2, 0.25) is 0 Å². The van der Waals surface area contributed by atoms with Gasteiger partial charge in [-0.2, -0.15) is 12.6 Å². The molecule has 1 amide bonds. The van der Waals surface area contributed by atoms with Gasteiger partial charge < -0.3 is 20.3 Å². The monoisotopic (exact) mass is 263 g/mol. The van der Waals surface area contributed by atoms with Crippen molar-refractivity contribution in [2.24, 2.45) is 0 Å².